The molecule has 0 aromatic carbocycles. The van der Waals surface area contributed by atoms with Crippen LogP contribution in [-0.4, -0.2) is 40.8 Å². The van der Waals surface area contributed by atoms with Crippen LogP contribution in [0.3, 0.4) is 0 Å². The first-order chi connectivity index (χ1) is 8.85. The van der Waals surface area contributed by atoms with E-state index in [9.17, 15) is 13.2 Å². The molecule has 0 bridgehead atoms. The molecule has 9 heteroatoms. The van der Waals surface area contributed by atoms with E-state index in [-0.39, 0.29) is 23.7 Å². The maximum Gasteiger partial charge on any atom is 0.406 e. The van der Waals surface area contributed by atoms with Gasteiger partial charge in [-0.1, -0.05) is 6.92 Å². The fraction of sp³-hybridized carbons (Fsp3) is 0.700. The standard InChI is InChI=1S/C10H15ClF3N5/c1-3-5-19(6-10(12,13)14)9-17-7(11)16-8(18-9)15-4-2/h3-6H2,1-2H3,(H,15,16,17,18). The first-order valence-corrected chi connectivity index (χ1v) is 6.20. The fourth-order valence-corrected chi connectivity index (χ4v) is 1.61. The summed E-state index contributed by atoms with van der Waals surface area (Å²) in [6.45, 7) is 3.19. The summed E-state index contributed by atoms with van der Waals surface area (Å²) in [7, 11) is 0. The van der Waals surface area contributed by atoms with Crippen LogP contribution in [0.2, 0.25) is 5.28 Å². The molecule has 0 saturated carbocycles. The first kappa shape index (κ1) is 15.7. The Morgan fingerprint density at radius 1 is 1.21 bits per heavy atom. The van der Waals surface area contributed by atoms with Crippen molar-refractivity contribution in [1.82, 2.24) is 15.0 Å². The molecule has 1 aromatic rings. The number of halogens is 4. The maximum absolute atomic E-state index is 12.5. The van der Waals surface area contributed by atoms with Crippen molar-refractivity contribution in [3.63, 3.8) is 0 Å². The lowest BCUT2D eigenvalue weighted by molar-refractivity contribution is -0.119. The van der Waals surface area contributed by atoms with Gasteiger partial charge in [-0.3, -0.25) is 0 Å². The van der Waals surface area contributed by atoms with E-state index in [2.05, 4.69) is 20.3 Å². The van der Waals surface area contributed by atoms with E-state index in [1.165, 1.54) is 0 Å². The van der Waals surface area contributed by atoms with Crippen molar-refractivity contribution in [3.05, 3.63) is 5.28 Å². The molecule has 0 radical (unpaired) electrons. The summed E-state index contributed by atoms with van der Waals surface area (Å²) < 4.78 is 37.5. The summed E-state index contributed by atoms with van der Waals surface area (Å²) in [4.78, 5) is 12.5. The lowest BCUT2D eigenvalue weighted by Gasteiger charge is -2.23. The lowest BCUT2D eigenvalue weighted by atomic mass is 10.4. The molecule has 5 nitrogen and oxygen atoms in total. The number of aromatic nitrogens is 3. The van der Waals surface area contributed by atoms with E-state index in [0.29, 0.717) is 13.0 Å². The summed E-state index contributed by atoms with van der Waals surface area (Å²) in [5.41, 5.74) is 0. The Balaban J connectivity index is 3.00. The highest BCUT2D eigenvalue weighted by atomic mass is 35.5. The predicted octanol–water partition coefficient (Wildman–Crippen LogP) is 2.74. The Hall–Kier alpha value is -1.31. The number of nitrogens with zero attached hydrogens (tertiary/aromatic N) is 4. The second-order valence-electron chi connectivity index (χ2n) is 3.80. The Bertz CT molecular complexity index is 413. The Kier molecular flexibility index (Phi) is 5.59. The van der Waals surface area contributed by atoms with Gasteiger partial charge in [0.15, 0.2) is 0 Å². The molecule has 0 amide bonds. The van der Waals surface area contributed by atoms with Crippen molar-refractivity contribution < 1.29 is 13.2 Å². The second-order valence-corrected chi connectivity index (χ2v) is 4.13. The van der Waals surface area contributed by atoms with Crippen LogP contribution >= 0.6 is 11.6 Å². The third kappa shape index (κ3) is 5.46. The van der Waals surface area contributed by atoms with E-state index in [1.807, 2.05) is 6.92 Å². The fourth-order valence-electron chi connectivity index (χ4n) is 1.45. The number of hydrogen-bond donors (Lipinski definition) is 1. The van der Waals surface area contributed by atoms with Gasteiger partial charge in [-0.15, -0.1) is 0 Å². The molecule has 1 aromatic heterocycles. The molecule has 108 valence electrons. The van der Waals surface area contributed by atoms with Gasteiger partial charge in [0.25, 0.3) is 0 Å². The van der Waals surface area contributed by atoms with Crippen LogP contribution in [0.4, 0.5) is 25.1 Å². The minimum Gasteiger partial charge on any atom is -0.354 e. The molecular weight excluding hydrogens is 283 g/mol. The van der Waals surface area contributed by atoms with Crippen LogP contribution in [0.5, 0.6) is 0 Å². The van der Waals surface area contributed by atoms with Crippen LogP contribution in [-0.2, 0) is 0 Å². The zero-order chi connectivity index (χ0) is 14.5. The SMILES string of the molecule is CCCN(CC(F)(F)F)c1nc(Cl)nc(NCC)n1. The van der Waals surface area contributed by atoms with Gasteiger partial charge < -0.3 is 10.2 Å². The topological polar surface area (TPSA) is 53.9 Å². The number of hydrogen-bond acceptors (Lipinski definition) is 5. The molecule has 1 heterocycles. The largest absolute Gasteiger partial charge is 0.406 e. The molecule has 0 atom stereocenters. The van der Waals surface area contributed by atoms with E-state index < -0.39 is 12.7 Å². The maximum atomic E-state index is 12.5. The van der Waals surface area contributed by atoms with E-state index in [0.717, 1.165) is 4.90 Å². The molecule has 0 saturated heterocycles. The second kappa shape index (κ2) is 6.74. The quantitative estimate of drug-likeness (QED) is 0.875. The highest BCUT2D eigenvalue weighted by Crippen LogP contribution is 2.21. The summed E-state index contributed by atoms with van der Waals surface area (Å²) in [5.74, 6) is 0.0934. The Morgan fingerprint density at radius 2 is 1.89 bits per heavy atom. The first-order valence-electron chi connectivity index (χ1n) is 5.82. The minimum absolute atomic E-state index is 0.0740. The molecule has 0 aliphatic carbocycles. The van der Waals surface area contributed by atoms with Crippen LogP contribution in [0.25, 0.3) is 0 Å². The third-order valence-corrected chi connectivity index (χ3v) is 2.25. The van der Waals surface area contributed by atoms with Crippen molar-refractivity contribution in [3.8, 4) is 0 Å². The normalized spacial score (nSPS) is 11.5. The van der Waals surface area contributed by atoms with Gasteiger partial charge in [0.1, 0.15) is 6.54 Å². The van der Waals surface area contributed by atoms with E-state index in [1.54, 1.807) is 6.92 Å². The predicted molar refractivity (Wildman–Crippen MR) is 67.6 cm³/mol. The molecule has 19 heavy (non-hydrogen) atoms. The van der Waals surface area contributed by atoms with Gasteiger partial charge in [-0.25, -0.2) is 0 Å². The summed E-state index contributed by atoms with van der Waals surface area (Å²) in [6.07, 6.45) is -3.79. The van der Waals surface area contributed by atoms with Crippen molar-refractivity contribution in [2.24, 2.45) is 0 Å². The molecule has 0 spiro atoms. The lowest BCUT2D eigenvalue weighted by Crippen LogP contribution is -2.36. The smallest absolute Gasteiger partial charge is 0.354 e. The van der Waals surface area contributed by atoms with Gasteiger partial charge in [0, 0.05) is 13.1 Å². The number of nitrogens with one attached hydrogen (secondary N) is 1. The third-order valence-electron chi connectivity index (χ3n) is 2.08. The van der Waals surface area contributed by atoms with Crippen LogP contribution in [0.15, 0.2) is 0 Å². The molecule has 0 aliphatic rings. The number of anilines is 2. The highest BCUT2D eigenvalue weighted by Gasteiger charge is 2.32. The summed E-state index contributed by atoms with van der Waals surface area (Å²) in [6, 6.07) is 0. The van der Waals surface area contributed by atoms with Gasteiger partial charge in [-0.2, -0.15) is 28.1 Å². The summed E-state index contributed by atoms with van der Waals surface area (Å²) in [5, 5.41) is 2.66. The monoisotopic (exact) mass is 297 g/mol. The van der Waals surface area contributed by atoms with Crippen LogP contribution < -0.4 is 10.2 Å². The number of alkyl halides is 3. The minimum atomic E-state index is -4.33. The van der Waals surface area contributed by atoms with Crippen LogP contribution in [0.1, 0.15) is 20.3 Å². The summed E-state index contributed by atoms with van der Waals surface area (Å²) >= 11 is 5.69. The number of rotatable bonds is 6. The Labute approximate surface area is 114 Å². The molecule has 1 rings (SSSR count). The van der Waals surface area contributed by atoms with Gasteiger partial charge >= 0.3 is 6.18 Å². The zero-order valence-electron chi connectivity index (χ0n) is 10.6. The van der Waals surface area contributed by atoms with Crippen molar-refractivity contribution in [2.75, 3.05) is 29.9 Å². The molecular formula is C10H15ClF3N5. The van der Waals surface area contributed by atoms with Gasteiger partial charge in [-0.05, 0) is 24.9 Å². The molecule has 0 aliphatic heterocycles. The van der Waals surface area contributed by atoms with Crippen molar-refractivity contribution in [1.29, 1.82) is 0 Å². The zero-order valence-corrected chi connectivity index (χ0v) is 11.4. The van der Waals surface area contributed by atoms with E-state index in [4.69, 9.17) is 11.6 Å². The van der Waals surface area contributed by atoms with Crippen molar-refractivity contribution >= 4 is 23.5 Å². The average molecular weight is 298 g/mol. The van der Waals surface area contributed by atoms with Gasteiger partial charge in [0.2, 0.25) is 17.2 Å². The van der Waals surface area contributed by atoms with E-state index >= 15 is 0 Å². The molecule has 1 N–H and O–H groups in total. The van der Waals surface area contributed by atoms with Crippen molar-refractivity contribution in [2.45, 2.75) is 26.4 Å². The molecule has 0 fully saturated rings. The average Bonchev–Trinajstić information content (AvgIpc) is 2.26. The Morgan fingerprint density at radius 3 is 2.42 bits per heavy atom. The molecule has 0 unspecified atom stereocenters. The highest BCUT2D eigenvalue weighted by molar-refractivity contribution is 6.28. The van der Waals surface area contributed by atoms with Gasteiger partial charge in [0.05, 0.1) is 0 Å². The van der Waals surface area contributed by atoms with Crippen LogP contribution in [0, 0.1) is 0 Å².